The van der Waals surface area contributed by atoms with Crippen molar-refractivity contribution in [3.63, 3.8) is 0 Å². The number of pyridine rings is 1. The van der Waals surface area contributed by atoms with Gasteiger partial charge in [-0.2, -0.15) is 0 Å². The third kappa shape index (κ3) is 5.08. The molecule has 7 heteroatoms. The molecule has 1 saturated heterocycles. The highest BCUT2D eigenvalue weighted by Gasteiger charge is 2.38. The molecule has 1 aliphatic heterocycles. The number of hydrogen-bond acceptors (Lipinski definition) is 4. The van der Waals surface area contributed by atoms with Crippen LogP contribution >= 0.6 is 11.6 Å². The molecule has 0 radical (unpaired) electrons. The summed E-state index contributed by atoms with van der Waals surface area (Å²) in [6, 6.07) is 17.1. The lowest BCUT2D eigenvalue weighted by molar-refractivity contribution is 0.0709. The molecular weight excluding hydrogens is 484 g/mol. The molecule has 37 heavy (non-hydrogen) atoms. The fourth-order valence-corrected chi connectivity index (χ4v) is 6.00. The van der Waals surface area contributed by atoms with Crippen LogP contribution in [0.25, 0.3) is 0 Å². The summed E-state index contributed by atoms with van der Waals surface area (Å²) in [5, 5.41) is 3.60. The number of piperidine rings is 1. The Balaban J connectivity index is 1.31. The maximum Gasteiger partial charge on any atom is 0.253 e. The maximum absolute atomic E-state index is 13.6. The van der Waals surface area contributed by atoms with E-state index in [9.17, 15) is 9.59 Å². The summed E-state index contributed by atoms with van der Waals surface area (Å²) in [4.78, 5) is 34.9. The number of carbonyl (C=O) groups is 2. The van der Waals surface area contributed by atoms with Crippen molar-refractivity contribution in [1.82, 2.24) is 15.2 Å². The molecule has 1 N–H and O–H groups in total. The number of rotatable bonds is 5. The standard InChI is InChI=1S/C30H33ClN4O2/c1-30(2)19-27(33-28(36)23-6-4-5-7-26(23)31)24-18-20(8-9-25(24)30)29(37)34(3)21-12-16-35(17-13-21)22-10-14-32-15-11-22/h4-11,14-15,18,21,27H,12-13,16-17,19H2,1-3H3,(H,33,36). The van der Waals surface area contributed by atoms with Crippen LogP contribution in [0, 0.1) is 0 Å². The van der Waals surface area contributed by atoms with Crippen LogP contribution in [0.1, 0.15) is 71.0 Å². The van der Waals surface area contributed by atoms with Gasteiger partial charge in [-0.05, 0) is 72.2 Å². The van der Waals surface area contributed by atoms with Crippen LogP contribution in [0.4, 0.5) is 5.69 Å². The van der Waals surface area contributed by atoms with Crippen LogP contribution in [-0.2, 0) is 5.41 Å². The Morgan fingerprint density at radius 3 is 2.46 bits per heavy atom. The summed E-state index contributed by atoms with van der Waals surface area (Å²) in [7, 11) is 1.91. The predicted molar refractivity (Wildman–Crippen MR) is 147 cm³/mol. The van der Waals surface area contributed by atoms with Gasteiger partial charge in [-0.15, -0.1) is 0 Å². The fourth-order valence-electron chi connectivity index (χ4n) is 5.78. The van der Waals surface area contributed by atoms with E-state index in [0.717, 1.165) is 37.9 Å². The Hall–Kier alpha value is -3.38. The van der Waals surface area contributed by atoms with Gasteiger partial charge >= 0.3 is 0 Å². The van der Waals surface area contributed by atoms with Gasteiger partial charge in [0.15, 0.2) is 0 Å². The molecule has 6 nitrogen and oxygen atoms in total. The fraction of sp³-hybridized carbons (Fsp3) is 0.367. The molecule has 0 bridgehead atoms. The number of fused-ring (bicyclic) bond motifs is 1. The zero-order valence-corrected chi connectivity index (χ0v) is 22.3. The Labute approximate surface area is 223 Å². The zero-order valence-electron chi connectivity index (χ0n) is 21.6. The van der Waals surface area contributed by atoms with E-state index in [1.807, 2.05) is 60.7 Å². The summed E-state index contributed by atoms with van der Waals surface area (Å²) < 4.78 is 0. The minimum Gasteiger partial charge on any atom is -0.371 e. The van der Waals surface area contributed by atoms with E-state index >= 15 is 0 Å². The molecule has 5 rings (SSSR count). The van der Waals surface area contributed by atoms with Crippen molar-refractivity contribution < 1.29 is 9.59 Å². The Morgan fingerprint density at radius 1 is 1.05 bits per heavy atom. The first-order chi connectivity index (χ1) is 17.7. The molecule has 1 aromatic heterocycles. The van der Waals surface area contributed by atoms with Crippen LogP contribution in [0.3, 0.4) is 0 Å². The van der Waals surface area contributed by atoms with Crippen molar-refractivity contribution in [3.8, 4) is 0 Å². The molecule has 2 heterocycles. The lowest BCUT2D eigenvalue weighted by Gasteiger charge is -2.38. The molecule has 1 atom stereocenters. The molecule has 1 fully saturated rings. The van der Waals surface area contributed by atoms with Gasteiger partial charge in [0, 0.05) is 49.8 Å². The first kappa shape index (κ1) is 25.3. The minimum atomic E-state index is -0.200. The van der Waals surface area contributed by atoms with Crippen molar-refractivity contribution in [2.24, 2.45) is 0 Å². The van der Waals surface area contributed by atoms with Crippen LogP contribution in [0.2, 0.25) is 5.02 Å². The second kappa shape index (κ2) is 10.2. The van der Waals surface area contributed by atoms with Gasteiger partial charge in [-0.3, -0.25) is 14.6 Å². The normalized spacial score (nSPS) is 18.8. The maximum atomic E-state index is 13.6. The molecule has 0 spiro atoms. The van der Waals surface area contributed by atoms with E-state index in [4.69, 9.17) is 11.6 Å². The van der Waals surface area contributed by atoms with E-state index in [-0.39, 0.29) is 29.3 Å². The molecule has 2 aliphatic rings. The van der Waals surface area contributed by atoms with Crippen molar-refractivity contribution in [1.29, 1.82) is 0 Å². The van der Waals surface area contributed by atoms with Crippen molar-refractivity contribution in [3.05, 3.63) is 94.3 Å². The highest BCUT2D eigenvalue weighted by molar-refractivity contribution is 6.33. The molecule has 1 unspecified atom stereocenters. The summed E-state index contributed by atoms with van der Waals surface area (Å²) in [6.45, 7) is 6.16. The molecule has 0 saturated carbocycles. The van der Waals surface area contributed by atoms with Gasteiger partial charge in [0.25, 0.3) is 11.8 Å². The number of nitrogens with zero attached hydrogens (tertiary/aromatic N) is 3. The van der Waals surface area contributed by atoms with E-state index < -0.39 is 0 Å². The van der Waals surface area contributed by atoms with Gasteiger partial charge in [-0.1, -0.05) is 43.6 Å². The molecule has 192 valence electrons. The number of aromatic nitrogens is 1. The number of amides is 2. The highest BCUT2D eigenvalue weighted by Crippen LogP contribution is 2.45. The zero-order chi connectivity index (χ0) is 26.2. The Kier molecular flexibility index (Phi) is 6.95. The van der Waals surface area contributed by atoms with Gasteiger partial charge in [-0.25, -0.2) is 0 Å². The average Bonchev–Trinajstić information content (AvgIpc) is 3.17. The van der Waals surface area contributed by atoms with Crippen LogP contribution in [0.5, 0.6) is 0 Å². The summed E-state index contributed by atoms with van der Waals surface area (Å²) in [5.74, 6) is -0.180. The number of halogens is 1. The van der Waals surface area contributed by atoms with E-state index in [1.165, 1.54) is 11.3 Å². The van der Waals surface area contributed by atoms with E-state index in [2.05, 4.69) is 35.1 Å². The van der Waals surface area contributed by atoms with E-state index in [0.29, 0.717) is 16.1 Å². The van der Waals surface area contributed by atoms with Gasteiger partial charge < -0.3 is 15.1 Å². The number of hydrogen-bond donors (Lipinski definition) is 1. The Bertz CT molecular complexity index is 1300. The molecule has 3 aromatic rings. The Morgan fingerprint density at radius 2 is 1.76 bits per heavy atom. The van der Waals surface area contributed by atoms with Crippen molar-refractivity contribution in [2.75, 3.05) is 25.0 Å². The second-order valence-electron chi connectivity index (χ2n) is 10.7. The topological polar surface area (TPSA) is 65.5 Å². The summed E-state index contributed by atoms with van der Waals surface area (Å²) in [5.41, 5.74) is 4.36. The lowest BCUT2D eigenvalue weighted by atomic mass is 9.86. The molecule has 2 amide bonds. The average molecular weight is 517 g/mol. The van der Waals surface area contributed by atoms with Crippen LogP contribution in [-0.4, -0.2) is 47.9 Å². The smallest absolute Gasteiger partial charge is 0.253 e. The minimum absolute atomic E-state index is 0.0195. The largest absolute Gasteiger partial charge is 0.371 e. The number of benzene rings is 2. The molecule has 1 aliphatic carbocycles. The third-order valence-electron chi connectivity index (χ3n) is 7.90. The first-order valence-corrected chi connectivity index (χ1v) is 13.2. The summed E-state index contributed by atoms with van der Waals surface area (Å²) >= 11 is 6.26. The molecular formula is C30H33ClN4O2. The third-order valence-corrected chi connectivity index (χ3v) is 8.23. The number of carbonyl (C=O) groups excluding carboxylic acids is 2. The van der Waals surface area contributed by atoms with Gasteiger partial charge in [0.05, 0.1) is 16.6 Å². The second-order valence-corrected chi connectivity index (χ2v) is 11.1. The summed E-state index contributed by atoms with van der Waals surface area (Å²) in [6.07, 6.45) is 6.23. The monoisotopic (exact) mass is 516 g/mol. The lowest BCUT2D eigenvalue weighted by Crippen LogP contribution is -2.45. The SMILES string of the molecule is CN(C(=O)c1ccc2c(c1)C(NC(=O)c1ccccc1Cl)CC2(C)C)C1CCN(c2ccncc2)CC1. The van der Waals surface area contributed by atoms with Gasteiger partial charge in [0.2, 0.25) is 0 Å². The number of anilines is 1. The highest BCUT2D eigenvalue weighted by atomic mass is 35.5. The van der Waals surface area contributed by atoms with Crippen LogP contribution in [0.15, 0.2) is 67.0 Å². The van der Waals surface area contributed by atoms with Gasteiger partial charge in [0.1, 0.15) is 0 Å². The quantitative estimate of drug-likeness (QED) is 0.477. The molecule has 2 aromatic carbocycles. The predicted octanol–water partition coefficient (Wildman–Crippen LogP) is 5.63. The van der Waals surface area contributed by atoms with E-state index in [1.54, 1.807) is 12.1 Å². The van der Waals surface area contributed by atoms with Crippen LogP contribution < -0.4 is 10.2 Å². The van der Waals surface area contributed by atoms with Crippen molar-refractivity contribution >= 4 is 29.1 Å². The van der Waals surface area contributed by atoms with Crippen molar-refractivity contribution in [2.45, 2.75) is 50.6 Å². The number of nitrogens with one attached hydrogen (secondary N) is 1. The first-order valence-electron chi connectivity index (χ1n) is 12.9.